The molecule has 5 rings (SSSR count). The van der Waals surface area contributed by atoms with Crippen LogP contribution >= 0.6 is 11.3 Å². The molecule has 32 heavy (non-hydrogen) atoms. The number of rotatable bonds is 6. The Kier molecular flexibility index (Phi) is 5.89. The van der Waals surface area contributed by atoms with E-state index in [1.165, 1.54) is 0 Å². The van der Waals surface area contributed by atoms with Crippen molar-refractivity contribution >= 4 is 29.0 Å². The van der Waals surface area contributed by atoms with Gasteiger partial charge in [-0.2, -0.15) is 0 Å². The molecule has 2 aliphatic rings. The molecule has 4 atom stereocenters. The summed E-state index contributed by atoms with van der Waals surface area (Å²) in [4.78, 5) is 22.5. The number of nitrogens with zero attached hydrogens (tertiary/aromatic N) is 2. The number of urea groups is 1. The lowest BCUT2D eigenvalue weighted by atomic mass is 10.1. The van der Waals surface area contributed by atoms with E-state index in [-0.39, 0.29) is 30.3 Å². The number of aromatic nitrogens is 2. The van der Waals surface area contributed by atoms with Crippen LogP contribution in [0.3, 0.4) is 0 Å². The van der Waals surface area contributed by atoms with Crippen LogP contribution in [0.2, 0.25) is 0 Å². The molecule has 0 spiro atoms. The normalized spacial score (nSPS) is 24.0. The van der Waals surface area contributed by atoms with E-state index in [4.69, 9.17) is 14.2 Å². The van der Waals surface area contributed by atoms with Crippen LogP contribution in [0.15, 0.2) is 54.0 Å². The number of methoxy groups -OCH3 is 1. The fourth-order valence-electron chi connectivity index (χ4n) is 3.91. The van der Waals surface area contributed by atoms with Crippen molar-refractivity contribution in [3.05, 3.63) is 54.0 Å². The van der Waals surface area contributed by atoms with Crippen molar-refractivity contribution < 1.29 is 19.0 Å². The number of benzene rings is 1. The average molecular weight is 454 g/mol. The maximum absolute atomic E-state index is 12.4. The van der Waals surface area contributed by atoms with E-state index in [9.17, 15) is 4.79 Å². The lowest BCUT2D eigenvalue weighted by Crippen LogP contribution is -2.46. The van der Waals surface area contributed by atoms with Crippen LogP contribution in [-0.2, 0) is 9.47 Å². The van der Waals surface area contributed by atoms with Gasteiger partial charge in [0.05, 0.1) is 43.0 Å². The number of ether oxygens (including phenoxy) is 3. The first-order chi connectivity index (χ1) is 15.7. The third-order valence-electron chi connectivity index (χ3n) is 5.46. The predicted molar refractivity (Wildman–Crippen MR) is 121 cm³/mol. The summed E-state index contributed by atoms with van der Waals surface area (Å²) in [5.41, 5.74) is 1.54. The lowest BCUT2D eigenvalue weighted by Gasteiger charge is -2.18. The monoisotopic (exact) mass is 453 g/mol. The topological polar surface area (TPSA) is 107 Å². The molecule has 2 aromatic heterocycles. The molecule has 4 heterocycles. The zero-order valence-corrected chi connectivity index (χ0v) is 18.2. The maximum Gasteiger partial charge on any atom is 0.319 e. The number of carbonyl (C=O) groups excluding carboxylic acids is 1. The summed E-state index contributed by atoms with van der Waals surface area (Å²) >= 11 is 1.63. The van der Waals surface area contributed by atoms with Crippen molar-refractivity contribution in [2.75, 3.05) is 31.0 Å². The molecule has 2 fully saturated rings. The summed E-state index contributed by atoms with van der Waals surface area (Å²) in [6.07, 6.45) is 1.30. The van der Waals surface area contributed by atoms with E-state index in [1.54, 1.807) is 48.9 Å². The summed E-state index contributed by atoms with van der Waals surface area (Å²) in [7, 11) is 1.60. The second kappa shape index (κ2) is 9.11. The Labute approximate surface area is 189 Å². The highest BCUT2D eigenvalue weighted by Crippen LogP contribution is 2.29. The van der Waals surface area contributed by atoms with Gasteiger partial charge >= 0.3 is 6.03 Å². The van der Waals surface area contributed by atoms with Gasteiger partial charge in [0, 0.05) is 11.9 Å². The van der Waals surface area contributed by atoms with Gasteiger partial charge in [0.2, 0.25) is 5.95 Å². The zero-order chi connectivity index (χ0) is 21.9. The molecule has 2 saturated heterocycles. The standard InChI is InChI=1S/C22H23N5O4S/c1-29-14-6-4-13(5-7-14)24-22(28)27-17-12-31-19-16(11-30-20(17)19)26-21-23-9-8-15(25-21)18-3-2-10-32-18/h2-10,16-17,19-20H,11-12H2,1H3,(H,23,25,26)(H2,24,27,28)/t16-,17-,19+,20+/m0/s1. The molecule has 0 bridgehead atoms. The molecule has 3 aromatic rings. The molecular formula is C22H23N5O4S. The highest BCUT2D eigenvalue weighted by Gasteiger charge is 2.48. The molecule has 2 amide bonds. The van der Waals surface area contributed by atoms with Crippen LogP contribution in [0.25, 0.3) is 10.6 Å². The highest BCUT2D eigenvalue weighted by atomic mass is 32.1. The highest BCUT2D eigenvalue weighted by molar-refractivity contribution is 7.13. The molecule has 10 heteroatoms. The Morgan fingerprint density at radius 1 is 1.09 bits per heavy atom. The van der Waals surface area contributed by atoms with Crippen molar-refractivity contribution in [3.8, 4) is 16.3 Å². The maximum atomic E-state index is 12.4. The van der Waals surface area contributed by atoms with Crippen molar-refractivity contribution in [1.29, 1.82) is 0 Å². The molecule has 0 aliphatic carbocycles. The second-order valence-corrected chi connectivity index (χ2v) is 8.47. The third kappa shape index (κ3) is 4.38. The fraction of sp³-hybridized carbons (Fsp3) is 0.318. The number of fused-ring (bicyclic) bond motifs is 1. The molecule has 166 valence electrons. The van der Waals surface area contributed by atoms with Crippen molar-refractivity contribution in [1.82, 2.24) is 15.3 Å². The van der Waals surface area contributed by atoms with Crippen LogP contribution in [0.5, 0.6) is 5.75 Å². The van der Waals surface area contributed by atoms with Gasteiger partial charge in [-0.25, -0.2) is 14.8 Å². The molecule has 0 saturated carbocycles. The Morgan fingerprint density at radius 3 is 2.62 bits per heavy atom. The van der Waals surface area contributed by atoms with Crippen molar-refractivity contribution in [2.45, 2.75) is 24.3 Å². The van der Waals surface area contributed by atoms with Gasteiger partial charge < -0.3 is 30.2 Å². The number of thiophene rings is 1. The van der Waals surface area contributed by atoms with E-state index in [2.05, 4.69) is 25.9 Å². The van der Waals surface area contributed by atoms with Gasteiger partial charge in [-0.05, 0) is 41.8 Å². The smallest absolute Gasteiger partial charge is 0.319 e. The van der Waals surface area contributed by atoms with Crippen LogP contribution in [0.4, 0.5) is 16.4 Å². The van der Waals surface area contributed by atoms with E-state index >= 15 is 0 Å². The minimum Gasteiger partial charge on any atom is -0.497 e. The first kappa shape index (κ1) is 20.7. The SMILES string of the molecule is COc1ccc(NC(=O)N[C@H]2CO[C@H]3[C@@H]2OC[C@@H]3Nc2nccc(-c3cccs3)n2)cc1. The molecule has 1 aromatic carbocycles. The number of carbonyl (C=O) groups is 1. The molecule has 0 radical (unpaired) electrons. The lowest BCUT2D eigenvalue weighted by molar-refractivity contribution is 0.0683. The predicted octanol–water partition coefficient (Wildman–Crippen LogP) is 2.98. The Hall–Kier alpha value is -3.21. The molecule has 0 unspecified atom stereocenters. The zero-order valence-electron chi connectivity index (χ0n) is 17.4. The fourth-order valence-corrected chi connectivity index (χ4v) is 4.61. The first-order valence-corrected chi connectivity index (χ1v) is 11.2. The summed E-state index contributed by atoms with van der Waals surface area (Å²) in [5.74, 6) is 1.26. The molecule has 9 nitrogen and oxygen atoms in total. The van der Waals surface area contributed by atoms with Crippen molar-refractivity contribution in [2.24, 2.45) is 0 Å². The Bertz CT molecular complexity index is 1060. The number of anilines is 2. The summed E-state index contributed by atoms with van der Waals surface area (Å²) in [6.45, 7) is 0.819. The number of hydrogen-bond acceptors (Lipinski definition) is 8. The van der Waals surface area contributed by atoms with Crippen molar-refractivity contribution in [3.63, 3.8) is 0 Å². The van der Waals surface area contributed by atoms with Gasteiger partial charge in [-0.15, -0.1) is 11.3 Å². The average Bonchev–Trinajstić information content (AvgIpc) is 3.55. The summed E-state index contributed by atoms with van der Waals surface area (Å²) in [5, 5.41) is 11.1. The third-order valence-corrected chi connectivity index (χ3v) is 6.35. The second-order valence-electron chi connectivity index (χ2n) is 7.52. The minimum atomic E-state index is -0.309. The van der Waals surface area contributed by atoms with E-state index in [1.807, 2.05) is 23.6 Å². The Morgan fingerprint density at radius 2 is 1.88 bits per heavy atom. The molecule has 2 aliphatic heterocycles. The first-order valence-electron chi connectivity index (χ1n) is 10.3. The summed E-state index contributed by atoms with van der Waals surface area (Å²) < 4.78 is 17.0. The Balaban J connectivity index is 1.17. The quantitative estimate of drug-likeness (QED) is 0.527. The number of nitrogens with one attached hydrogen (secondary N) is 3. The van der Waals surface area contributed by atoms with Gasteiger partial charge in [-0.3, -0.25) is 0 Å². The van der Waals surface area contributed by atoms with Crippen LogP contribution in [0.1, 0.15) is 0 Å². The van der Waals surface area contributed by atoms with Crippen LogP contribution in [0, 0.1) is 0 Å². The van der Waals surface area contributed by atoms with Crippen LogP contribution < -0.4 is 20.7 Å². The van der Waals surface area contributed by atoms with Gasteiger partial charge in [-0.1, -0.05) is 6.07 Å². The minimum absolute atomic E-state index is 0.102. The van der Waals surface area contributed by atoms with Gasteiger partial charge in [0.1, 0.15) is 18.0 Å². The summed E-state index contributed by atoms with van der Waals surface area (Å²) in [6, 6.07) is 12.4. The number of hydrogen-bond donors (Lipinski definition) is 3. The van der Waals surface area contributed by atoms with E-state index in [0.29, 0.717) is 24.8 Å². The molecule has 3 N–H and O–H groups in total. The largest absolute Gasteiger partial charge is 0.497 e. The van der Waals surface area contributed by atoms with Gasteiger partial charge in [0.25, 0.3) is 0 Å². The van der Waals surface area contributed by atoms with Crippen LogP contribution in [-0.4, -0.2) is 60.6 Å². The van der Waals surface area contributed by atoms with Gasteiger partial charge in [0.15, 0.2) is 0 Å². The number of amides is 2. The molecular weight excluding hydrogens is 430 g/mol. The van der Waals surface area contributed by atoms with E-state index in [0.717, 1.165) is 16.3 Å². The van der Waals surface area contributed by atoms with E-state index < -0.39 is 0 Å².